The fraction of sp³-hybridized carbons (Fsp3) is 0.400. The minimum Gasteiger partial charge on any atom is -0.435 e. The predicted octanol–water partition coefficient (Wildman–Crippen LogP) is 3.50. The van der Waals surface area contributed by atoms with Crippen LogP contribution in [0.15, 0.2) is 47.4 Å². The molecule has 2 heterocycles. The van der Waals surface area contributed by atoms with Crippen molar-refractivity contribution in [2.75, 3.05) is 13.1 Å². The number of ether oxygens (including phenoxy) is 1. The van der Waals surface area contributed by atoms with Crippen LogP contribution < -0.4 is 5.73 Å². The predicted molar refractivity (Wildman–Crippen MR) is 141 cm³/mol. The van der Waals surface area contributed by atoms with Gasteiger partial charge >= 0.3 is 12.3 Å². The normalized spacial score (nSPS) is 22.2. The number of piperazine rings is 1. The van der Waals surface area contributed by atoms with Crippen molar-refractivity contribution < 1.29 is 40.7 Å². The van der Waals surface area contributed by atoms with Crippen molar-refractivity contribution in [3.63, 3.8) is 0 Å². The fourth-order valence-electron chi connectivity index (χ4n) is 4.93. The average molecular weight is 637 g/mol. The van der Waals surface area contributed by atoms with Crippen LogP contribution in [0.3, 0.4) is 0 Å². The maximum atomic E-state index is 13.9. The summed E-state index contributed by atoms with van der Waals surface area (Å²) in [5, 5.41) is -0.0348. The number of halogens is 5. The lowest BCUT2D eigenvalue weighted by Gasteiger charge is -2.53. The number of carbonyl (C=O) groups excluding carboxylic acids is 3. The third kappa shape index (κ3) is 6.10. The number of alkyl halides is 3. The second-order valence-corrected chi connectivity index (χ2v) is 12.5. The SMILES string of the molecule is CC(C)N1CC2N(C(=O)C(OC(N)=O)CN2S(=O)(=O)c2ccc(Cl)cc2Cl)C(Cc2ccc(C(F)(F)F)cc2)C1=O. The van der Waals surface area contributed by atoms with E-state index in [2.05, 4.69) is 0 Å². The number of carbonyl (C=O) groups is 3. The minimum atomic E-state index is -4.58. The molecule has 0 bridgehead atoms. The largest absolute Gasteiger partial charge is 0.435 e. The Balaban J connectivity index is 1.82. The molecule has 41 heavy (non-hydrogen) atoms. The summed E-state index contributed by atoms with van der Waals surface area (Å²) >= 11 is 12.2. The summed E-state index contributed by atoms with van der Waals surface area (Å²) in [6.07, 6.45) is -9.17. The minimum absolute atomic E-state index is 0.171. The molecule has 2 fully saturated rings. The maximum Gasteiger partial charge on any atom is 0.416 e. The van der Waals surface area contributed by atoms with Crippen LogP contribution in [0.2, 0.25) is 10.0 Å². The number of amides is 3. The van der Waals surface area contributed by atoms with Crippen molar-refractivity contribution in [3.05, 3.63) is 63.6 Å². The Hall–Kier alpha value is -3.07. The average Bonchev–Trinajstić information content (AvgIpc) is 2.86. The van der Waals surface area contributed by atoms with Crippen molar-refractivity contribution in [1.82, 2.24) is 14.1 Å². The smallest absolute Gasteiger partial charge is 0.416 e. The third-order valence-electron chi connectivity index (χ3n) is 6.87. The molecule has 10 nitrogen and oxygen atoms in total. The number of rotatable bonds is 6. The summed E-state index contributed by atoms with van der Waals surface area (Å²) in [5.74, 6) is -1.44. The lowest BCUT2D eigenvalue weighted by atomic mass is 9.96. The first-order chi connectivity index (χ1) is 19.0. The lowest BCUT2D eigenvalue weighted by molar-refractivity contribution is -0.174. The standard InChI is InChI=1S/C25H25Cl2F3N4O6S/c1-13(2)32-12-21-33(41(38,39)20-8-7-16(26)10-17(20)27)11-19(40-24(31)37)23(36)34(21)18(22(32)35)9-14-3-5-15(6-4-14)25(28,29)30/h3-8,10,13,18-19,21H,9,11-12H2,1-2H3,(H2,31,37). The fourth-order valence-corrected chi connectivity index (χ4v) is 7.25. The highest BCUT2D eigenvalue weighted by Crippen LogP contribution is 2.36. The van der Waals surface area contributed by atoms with Gasteiger partial charge in [0.1, 0.15) is 17.1 Å². The summed E-state index contributed by atoms with van der Waals surface area (Å²) < 4.78 is 73.1. The molecule has 2 aliphatic heterocycles. The maximum absolute atomic E-state index is 13.9. The number of hydrogen-bond acceptors (Lipinski definition) is 6. The second kappa shape index (κ2) is 11.3. The number of primary amides is 1. The van der Waals surface area contributed by atoms with Crippen molar-refractivity contribution >= 4 is 51.1 Å². The highest BCUT2D eigenvalue weighted by molar-refractivity contribution is 7.89. The van der Waals surface area contributed by atoms with Crippen LogP contribution in [0.1, 0.15) is 25.0 Å². The molecule has 2 N–H and O–H groups in total. The molecule has 0 aromatic heterocycles. The van der Waals surface area contributed by atoms with Gasteiger partial charge in [-0.3, -0.25) is 9.59 Å². The molecule has 0 aliphatic carbocycles. The van der Waals surface area contributed by atoms with Gasteiger partial charge in [0.25, 0.3) is 5.91 Å². The zero-order valence-electron chi connectivity index (χ0n) is 21.6. The number of sulfonamides is 1. The van der Waals surface area contributed by atoms with Gasteiger partial charge in [0.2, 0.25) is 15.9 Å². The van der Waals surface area contributed by atoms with E-state index in [1.165, 1.54) is 35.2 Å². The molecule has 2 aromatic carbocycles. The van der Waals surface area contributed by atoms with Gasteiger partial charge in [0, 0.05) is 17.5 Å². The first-order valence-electron chi connectivity index (χ1n) is 12.2. The molecule has 3 amide bonds. The van der Waals surface area contributed by atoms with Gasteiger partial charge in [0.15, 0.2) is 6.10 Å². The van der Waals surface area contributed by atoms with Crippen molar-refractivity contribution in [2.45, 2.75) is 55.7 Å². The van der Waals surface area contributed by atoms with E-state index in [9.17, 15) is 36.0 Å². The topological polar surface area (TPSA) is 130 Å². The second-order valence-electron chi connectivity index (χ2n) is 9.80. The zero-order valence-corrected chi connectivity index (χ0v) is 24.0. The van der Waals surface area contributed by atoms with Crippen LogP contribution in [0.25, 0.3) is 0 Å². The van der Waals surface area contributed by atoms with Gasteiger partial charge < -0.3 is 20.3 Å². The van der Waals surface area contributed by atoms with Gasteiger partial charge in [-0.15, -0.1) is 0 Å². The quantitative estimate of drug-likeness (QED) is 0.517. The Morgan fingerprint density at radius 1 is 1.07 bits per heavy atom. The first-order valence-corrected chi connectivity index (χ1v) is 14.4. The summed E-state index contributed by atoms with van der Waals surface area (Å²) in [6, 6.07) is 5.96. The van der Waals surface area contributed by atoms with Crippen molar-refractivity contribution in [1.29, 1.82) is 0 Å². The van der Waals surface area contributed by atoms with Crippen molar-refractivity contribution in [2.24, 2.45) is 5.73 Å². The number of benzene rings is 2. The van der Waals surface area contributed by atoms with E-state index in [1.807, 2.05) is 0 Å². The molecule has 2 aromatic rings. The Kier molecular flexibility index (Phi) is 8.52. The van der Waals surface area contributed by atoms with Gasteiger partial charge in [-0.25, -0.2) is 13.2 Å². The van der Waals surface area contributed by atoms with E-state index in [-0.39, 0.29) is 33.5 Å². The molecule has 16 heteroatoms. The number of nitrogens with two attached hydrogens (primary N) is 1. The summed E-state index contributed by atoms with van der Waals surface area (Å²) in [7, 11) is -4.50. The van der Waals surface area contributed by atoms with Crippen LogP contribution in [0.5, 0.6) is 0 Å². The van der Waals surface area contributed by atoms with Gasteiger partial charge in [-0.2, -0.15) is 17.5 Å². The Bertz CT molecular complexity index is 1470. The van der Waals surface area contributed by atoms with Gasteiger partial charge in [-0.1, -0.05) is 35.3 Å². The molecule has 3 atom stereocenters. The lowest BCUT2D eigenvalue weighted by Crippen LogP contribution is -2.75. The van der Waals surface area contributed by atoms with E-state index in [4.69, 9.17) is 33.7 Å². The molecule has 0 saturated carbocycles. The van der Waals surface area contributed by atoms with Gasteiger partial charge in [-0.05, 0) is 49.7 Å². The molecule has 2 aliphatic rings. The van der Waals surface area contributed by atoms with Crippen LogP contribution in [-0.4, -0.2) is 77.9 Å². The van der Waals surface area contributed by atoms with Crippen LogP contribution in [0.4, 0.5) is 18.0 Å². The van der Waals surface area contributed by atoms with E-state index in [0.717, 1.165) is 21.3 Å². The molecule has 222 valence electrons. The van der Waals surface area contributed by atoms with E-state index in [0.29, 0.717) is 0 Å². The Morgan fingerprint density at radius 2 is 1.71 bits per heavy atom. The molecule has 4 rings (SSSR count). The zero-order chi connectivity index (χ0) is 30.4. The molecule has 0 radical (unpaired) electrons. The number of hydrogen-bond donors (Lipinski definition) is 1. The van der Waals surface area contributed by atoms with Crippen molar-refractivity contribution in [3.8, 4) is 0 Å². The molecule has 3 unspecified atom stereocenters. The molecule has 0 spiro atoms. The van der Waals surface area contributed by atoms with Crippen LogP contribution in [0, 0.1) is 0 Å². The summed E-state index contributed by atoms with van der Waals surface area (Å²) in [5.41, 5.74) is 4.53. The summed E-state index contributed by atoms with van der Waals surface area (Å²) in [4.78, 5) is 41.0. The van der Waals surface area contributed by atoms with E-state index >= 15 is 0 Å². The monoisotopic (exact) mass is 636 g/mol. The van der Waals surface area contributed by atoms with Crippen LogP contribution in [-0.2, 0) is 36.9 Å². The molecule has 2 saturated heterocycles. The Morgan fingerprint density at radius 3 is 2.24 bits per heavy atom. The van der Waals surface area contributed by atoms with E-state index < -0.39 is 70.6 Å². The molecular formula is C25H25Cl2F3N4O6S. The van der Waals surface area contributed by atoms with E-state index in [1.54, 1.807) is 13.8 Å². The number of fused-ring (bicyclic) bond motifs is 1. The van der Waals surface area contributed by atoms with Crippen LogP contribution >= 0.6 is 23.2 Å². The van der Waals surface area contributed by atoms with Gasteiger partial charge in [0.05, 0.1) is 23.7 Å². The first kappa shape index (κ1) is 30.9. The third-order valence-corrected chi connectivity index (χ3v) is 9.45. The highest BCUT2D eigenvalue weighted by atomic mass is 35.5. The summed E-state index contributed by atoms with van der Waals surface area (Å²) in [6.45, 7) is 2.53. The molecular weight excluding hydrogens is 612 g/mol. The Labute approximate surface area is 243 Å². The number of nitrogens with zero attached hydrogens (tertiary/aromatic N) is 3. The highest BCUT2D eigenvalue weighted by Gasteiger charge is 2.55.